The highest BCUT2D eigenvalue weighted by Gasteiger charge is 2.41. The molecule has 0 aromatic rings. The highest BCUT2D eigenvalue weighted by molar-refractivity contribution is 7.64. The molecule has 2 radical (unpaired) electrons. The van der Waals surface area contributed by atoms with Crippen LogP contribution in [-0.4, -0.2) is 43.9 Å². The van der Waals surface area contributed by atoms with E-state index in [-0.39, 0.29) is 0 Å². The second-order valence-electron chi connectivity index (χ2n) is 3.87. The monoisotopic (exact) mass is 382 g/mol. The molecule has 22 heavy (non-hydrogen) atoms. The second kappa shape index (κ2) is 7.06. The van der Waals surface area contributed by atoms with Crippen molar-refractivity contribution in [2.24, 2.45) is 0 Å². The van der Waals surface area contributed by atoms with Crippen LogP contribution in [0.2, 0.25) is 0 Å². The number of rotatable bonds is 7. The van der Waals surface area contributed by atoms with Crippen LogP contribution >= 0.6 is 23.5 Å². The molecular formula is C5H7BFO12P3-4. The summed E-state index contributed by atoms with van der Waals surface area (Å²) >= 11 is 0. The smallest absolute Gasteiger partial charge is 0.278 e. The Bertz CT molecular complexity index is 537. The first-order valence-corrected chi connectivity index (χ1v) is 9.55. The van der Waals surface area contributed by atoms with Gasteiger partial charge in [0, 0.05) is 0 Å². The van der Waals surface area contributed by atoms with Gasteiger partial charge in [0.2, 0.25) is 0 Å². The van der Waals surface area contributed by atoms with Crippen LogP contribution in [0.15, 0.2) is 0 Å². The van der Waals surface area contributed by atoms with Crippen molar-refractivity contribution in [3.63, 3.8) is 0 Å². The number of phosphoric acid groups is 3. The molecule has 12 nitrogen and oxygen atoms in total. The zero-order valence-electron chi connectivity index (χ0n) is 10.3. The Morgan fingerprint density at radius 3 is 2.09 bits per heavy atom. The number of alkyl halides is 1. The molecule has 1 heterocycles. The number of aliphatic hydroxyl groups excluding tert-OH is 1. The molecule has 0 aromatic heterocycles. The maximum absolute atomic E-state index is 13.1. The van der Waals surface area contributed by atoms with E-state index in [1.54, 1.807) is 0 Å². The Morgan fingerprint density at radius 2 is 1.68 bits per heavy atom. The van der Waals surface area contributed by atoms with Gasteiger partial charge in [-0.15, -0.1) is 0 Å². The lowest BCUT2D eigenvalue weighted by Gasteiger charge is -2.37. The molecule has 128 valence electrons. The summed E-state index contributed by atoms with van der Waals surface area (Å²) in [6.45, 7) is -1.09. The zero-order chi connectivity index (χ0) is 17.3. The molecule has 6 unspecified atom stereocenters. The SMILES string of the molecule is [B]C1OC(COP(=O)([O-])OP(=O)([O-])OP(=O)([O-])[O-])C(O)C1F. The molecule has 6 atom stereocenters. The van der Waals surface area contributed by atoms with Crippen LogP contribution in [0.3, 0.4) is 0 Å². The van der Waals surface area contributed by atoms with Gasteiger partial charge in [-0.3, -0.25) is 13.4 Å². The number of ether oxygens (including phenoxy) is 1. The normalized spacial score (nSPS) is 35.0. The summed E-state index contributed by atoms with van der Waals surface area (Å²) in [4.78, 5) is 42.1. The predicted molar refractivity (Wildman–Crippen MR) is 56.3 cm³/mol. The van der Waals surface area contributed by atoms with Gasteiger partial charge in [-0.25, -0.2) is 8.70 Å². The van der Waals surface area contributed by atoms with Crippen LogP contribution in [0, 0.1) is 0 Å². The number of phosphoric ester groups is 1. The van der Waals surface area contributed by atoms with E-state index in [0.29, 0.717) is 0 Å². The fourth-order valence-corrected chi connectivity index (χ4v) is 4.21. The number of aliphatic hydroxyl groups is 1. The van der Waals surface area contributed by atoms with E-state index in [1.807, 2.05) is 0 Å². The first-order chi connectivity index (χ1) is 9.72. The van der Waals surface area contributed by atoms with Crippen LogP contribution in [0.25, 0.3) is 0 Å². The molecule has 0 spiro atoms. The maximum atomic E-state index is 13.1. The summed E-state index contributed by atoms with van der Waals surface area (Å²) in [5.74, 6) is 0. The topological polar surface area (TPSA) is 201 Å². The van der Waals surface area contributed by atoms with Crippen LogP contribution < -0.4 is 19.6 Å². The predicted octanol–water partition coefficient (Wildman–Crippen LogP) is -3.61. The Morgan fingerprint density at radius 1 is 1.14 bits per heavy atom. The van der Waals surface area contributed by atoms with Gasteiger partial charge in [-0.2, -0.15) is 0 Å². The van der Waals surface area contributed by atoms with Crippen molar-refractivity contribution in [1.82, 2.24) is 0 Å². The summed E-state index contributed by atoms with van der Waals surface area (Å²) < 4.78 is 59.8. The van der Waals surface area contributed by atoms with E-state index in [4.69, 9.17) is 7.85 Å². The molecule has 1 N–H and O–H groups in total. The second-order valence-corrected chi connectivity index (χ2v) is 8.12. The number of hydrogen-bond donors (Lipinski definition) is 1. The minimum atomic E-state index is -6.09. The third kappa shape index (κ3) is 6.44. The van der Waals surface area contributed by atoms with E-state index in [9.17, 15) is 42.8 Å². The molecule has 0 aliphatic carbocycles. The van der Waals surface area contributed by atoms with Gasteiger partial charge >= 0.3 is 0 Å². The van der Waals surface area contributed by atoms with Gasteiger partial charge in [-0.1, -0.05) is 0 Å². The van der Waals surface area contributed by atoms with Gasteiger partial charge in [0.05, 0.1) is 20.4 Å². The van der Waals surface area contributed by atoms with Gasteiger partial charge < -0.3 is 38.5 Å². The fourth-order valence-electron chi connectivity index (χ4n) is 1.34. The molecule has 1 fully saturated rings. The van der Waals surface area contributed by atoms with Gasteiger partial charge in [0.15, 0.2) is 0 Å². The minimum absolute atomic E-state index is 1.09. The van der Waals surface area contributed by atoms with E-state index < -0.39 is 54.5 Å². The van der Waals surface area contributed by atoms with E-state index in [2.05, 4.69) is 17.9 Å². The molecule has 0 amide bonds. The summed E-state index contributed by atoms with van der Waals surface area (Å²) in [6.07, 6.45) is -5.46. The molecule has 1 aliphatic rings. The van der Waals surface area contributed by atoms with Crippen molar-refractivity contribution in [3.05, 3.63) is 0 Å². The Labute approximate surface area is 124 Å². The third-order valence-electron chi connectivity index (χ3n) is 2.15. The Balaban J connectivity index is 2.60. The van der Waals surface area contributed by atoms with Gasteiger partial charge in [0.25, 0.3) is 15.6 Å². The Kier molecular flexibility index (Phi) is 6.54. The van der Waals surface area contributed by atoms with Crippen molar-refractivity contribution < 1.29 is 60.6 Å². The lowest BCUT2D eigenvalue weighted by atomic mass is 9.94. The molecule has 1 saturated heterocycles. The molecule has 1 rings (SSSR count). The summed E-state index contributed by atoms with van der Waals surface area (Å²) in [5, 5.41) is 9.26. The van der Waals surface area contributed by atoms with E-state index in [0.717, 1.165) is 0 Å². The number of hydrogen-bond acceptors (Lipinski definition) is 12. The van der Waals surface area contributed by atoms with Crippen LogP contribution in [0.5, 0.6) is 0 Å². The summed E-state index contributed by atoms with van der Waals surface area (Å²) in [5.41, 5.74) is 0. The van der Waals surface area contributed by atoms with Crippen molar-refractivity contribution in [2.45, 2.75) is 24.4 Å². The van der Waals surface area contributed by atoms with Gasteiger partial charge in [-0.05, 0) is 0 Å². The first-order valence-electron chi connectivity index (χ1n) is 5.17. The van der Waals surface area contributed by atoms with E-state index >= 15 is 0 Å². The van der Waals surface area contributed by atoms with Gasteiger partial charge in [0.1, 0.15) is 26.2 Å². The average molecular weight is 382 g/mol. The van der Waals surface area contributed by atoms with Crippen molar-refractivity contribution in [2.75, 3.05) is 6.61 Å². The zero-order valence-corrected chi connectivity index (χ0v) is 12.9. The Hall–Kier alpha value is 0.325. The van der Waals surface area contributed by atoms with E-state index in [1.165, 1.54) is 0 Å². The van der Waals surface area contributed by atoms with Crippen molar-refractivity contribution in [3.8, 4) is 0 Å². The van der Waals surface area contributed by atoms with Crippen LogP contribution in [0.4, 0.5) is 4.39 Å². The molecule has 0 bridgehead atoms. The van der Waals surface area contributed by atoms with Crippen LogP contribution in [0.1, 0.15) is 0 Å². The number of halogens is 1. The minimum Gasteiger partial charge on any atom is -0.790 e. The highest BCUT2D eigenvalue weighted by atomic mass is 31.3. The molecule has 0 saturated carbocycles. The quantitative estimate of drug-likeness (QED) is 0.335. The fraction of sp³-hybridized carbons (Fsp3) is 1.00. The standard InChI is InChI=1S/C5H11BFO12P3/c6-5-3(7)4(8)2(17-5)1-16-21(12,13)19-22(14,15)18-20(9,10)11/h2-5,8H,1H2,(H,12,13)(H,14,15)(H2,9,10,11)/p-4. The molecule has 0 aromatic carbocycles. The molecule has 17 heteroatoms. The maximum Gasteiger partial charge on any atom is 0.278 e. The highest BCUT2D eigenvalue weighted by Crippen LogP contribution is 2.60. The first kappa shape index (κ1) is 20.4. The summed E-state index contributed by atoms with van der Waals surface area (Å²) in [7, 11) is -12.8. The lowest BCUT2D eigenvalue weighted by molar-refractivity contribution is -0.339. The third-order valence-corrected chi connectivity index (χ3v) is 5.82. The largest absolute Gasteiger partial charge is 0.790 e. The van der Waals surface area contributed by atoms with Crippen molar-refractivity contribution >= 4 is 31.3 Å². The summed E-state index contributed by atoms with van der Waals surface area (Å²) in [6, 6.07) is -1.56. The van der Waals surface area contributed by atoms with Crippen molar-refractivity contribution in [1.29, 1.82) is 0 Å². The molecular weight excluding hydrogens is 375 g/mol. The average Bonchev–Trinajstić information content (AvgIpc) is 2.49. The van der Waals surface area contributed by atoms with Crippen LogP contribution in [-0.2, 0) is 31.6 Å². The lowest BCUT2D eigenvalue weighted by Crippen LogP contribution is -2.32. The molecule has 1 aliphatic heterocycles.